The molecule has 8 heteroatoms. The van der Waals surface area contributed by atoms with Crippen LogP contribution in [0.5, 0.6) is 0 Å². The van der Waals surface area contributed by atoms with Crippen molar-refractivity contribution in [2.75, 3.05) is 0 Å². The lowest BCUT2D eigenvalue weighted by molar-refractivity contribution is -0.139. The first kappa shape index (κ1) is 18.1. The van der Waals surface area contributed by atoms with Gasteiger partial charge in [0.05, 0.1) is 36.1 Å². The number of amides is 2. The summed E-state index contributed by atoms with van der Waals surface area (Å²) in [6, 6.07) is 13.1. The topological polar surface area (TPSA) is 102 Å². The van der Waals surface area contributed by atoms with Crippen LogP contribution >= 0.6 is 0 Å². The Morgan fingerprint density at radius 3 is 2.63 bits per heavy atom. The van der Waals surface area contributed by atoms with Gasteiger partial charge < -0.3 is 9.73 Å². The van der Waals surface area contributed by atoms with E-state index >= 15 is 0 Å². The Kier molecular flexibility index (Phi) is 5.46. The lowest BCUT2D eigenvalue weighted by Crippen LogP contribution is -2.37. The molecule has 2 heterocycles. The Hall–Kier alpha value is -3.68. The van der Waals surface area contributed by atoms with Gasteiger partial charge in [-0.25, -0.2) is 10.1 Å². The number of hydrazone groups is 1. The van der Waals surface area contributed by atoms with Gasteiger partial charge in [-0.05, 0) is 38.1 Å². The Bertz CT molecular complexity index is 959. The summed E-state index contributed by atoms with van der Waals surface area (Å²) in [5, 5.41) is 10.8. The van der Waals surface area contributed by atoms with Crippen molar-refractivity contribution in [2.24, 2.45) is 5.10 Å². The minimum Gasteiger partial charge on any atom is -0.467 e. The maximum absolute atomic E-state index is 11.8. The molecule has 2 aromatic heterocycles. The van der Waals surface area contributed by atoms with Gasteiger partial charge in [0.1, 0.15) is 5.76 Å². The number of carbonyl (C=O) groups is 2. The second-order valence-corrected chi connectivity index (χ2v) is 5.79. The minimum atomic E-state index is -0.858. The lowest BCUT2D eigenvalue weighted by atomic mass is 10.2. The molecular weight excluding hydrogens is 346 g/mol. The van der Waals surface area contributed by atoms with Crippen LogP contribution in [0.3, 0.4) is 0 Å². The number of aryl methyl sites for hydroxylation is 1. The van der Waals surface area contributed by atoms with Crippen molar-refractivity contribution >= 4 is 18.0 Å². The van der Waals surface area contributed by atoms with Crippen molar-refractivity contribution in [2.45, 2.75) is 20.4 Å². The highest BCUT2D eigenvalue weighted by Crippen LogP contribution is 2.15. The highest BCUT2D eigenvalue weighted by atomic mass is 16.3. The second-order valence-electron chi connectivity index (χ2n) is 5.79. The maximum Gasteiger partial charge on any atom is 0.329 e. The molecule has 0 saturated heterocycles. The van der Waals surface area contributed by atoms with Crippen molar-refractivity contribution in [1.82, 2.24) is 20.5 Å². The van der Waals surface area contributed by atoms with Crippen LogP contribution in [-0.4, -0.2) is 27.8 Å². The first-order valence-corrected chi connectivity index (χ1v) is 8.31. The highest BCUT2D eigenvalue weighted by Gasteiger charge is 2.14. The molecule has 0 unspecified atom stereocenters. The summed E-state index contributed by atoms with van der Waals surface area (Å²) < 4.78 is 6.88. The molecule has 0 aliphatic rings. The molecule has 0 aliphatic carbocycles. The number of aromatic nitrogens is 2. The smallest absolute Gasteiger partial charge is 0.329 e. The van der Waals surface area contributed by atoms with Crippen molar-refractivity contribution in [3.8, 4) is 5.69 Å². The zero-order valence-corrected chi connectivity index (χ0v) is 15.0. The molecule has 138 valence electrons. The third-order valence-electron chi connectivity index (χ3n) is 3.92. The zero-order chi connectivity index (χ0) is 19.2. The molecule has 0 fully saturated rings. The molecule has 0 aliphatic heterocycles. The Labute approximate surface area is 155 Å². The van der Waals surface area contributed by atoms with E-state index in [2.05, 4.69) is 20.9 Å². The summed E-state index contributed by atoms with van der Waals surface area (Å²) in [5.74, 6) is -1.10. The Morgan fingerprint density at radius 1 is 1.15 bits per heavy atom. The molecule has 0 atom stereocenters. The number of hydrogen-bond acceptors (Lipinski definition) is 5. The van der Waals surface area contributed by atoms with Gasteiger partial charge in [0.25, 0.3) is 0 Å². The monoisotopic (exact) mass is 365 g/mol. The van der Waals surface area contributed by atoms with E-state index in [0.29, 0.717) is 5.76 Å². The molecule has 8 nitrogen and oxygen atoms in total. The zero-order valence-electron chi connectivity index (χ0n) is 15.0. The first-order valence-electron chi connectivity index (χ1n) is 8.31. The number of hydrogen-bond donors (Lipinski definition) is 2. The van der Waals surface area contributed by atoms with Gasteiger partial charge >= 0.3 is 11.8 Å². The summed E-state index contributed by atoms with van der Waals surface area (Å²) in [5.41, 5.74) is 5.55. The molecule has 0 radical (unpaired) electrons. The lowest BCUT2D eigenvalue weighted by Gasteiger charge is -2.03. The van der Waals surface area contributed by atoms with E-state index in [1.807, 2.05) is 44.2 Å². The van der Waals surface area contributed by atoms with Crippen LogP contribution in [0.1, 0.15) is 22.7 Å². The number of carbonyl (C=O) groups excluding carboxylic acids is 2. The molecule has 0 bridgehead atoms. The number of rotatable bonds is 5. The van der Waals surface area contributed by atoms with Crippen LogP contribution in [-0.2, 0) is 16.1 Å². The van der Waals surface area contributed by atoms with E-state index in [1.165, 1.54) is 12.5 Å². The number of nitrogens with zero attached hydrogens (tertiary/aromatic N) is 3. The summed E-state index contributed by atoms with van der Waals surface area (Å²) in [6.07, 6.45) is 2.97. The fourth-order valence-corrected chi connectivity index (χ4v) is 2.53. The van der Waals surface area contributed by atoms with Crippen LogP contribution in [0.15, 0.2) is 58.2 Å². The SMILES string of the molecule is Cc1nn(-c2ccccc2)c(C)c1/C=N/NC(=O)C(=O)NCc1ccco1. The number of furan rings is 1. The quantitative estimate of drug-likeness (QED) is 0.409. The van der Waals surface area contributed by atoms with Crippen molar-refractivity contribution < 1.29 is 14.0 Å². The van der Waals surface area contributed by atoms with Gasteiger partial charge in [0, 0.05) is 5.56 Å². The molecule has 0 spiro atoms. The Morgan fingerprint density at radius 2 is 1.93 bits per heavy atom. The van der Waals surface area contributed by atoms with Crippen molar-refractivity contribution in [3.05, 3.63) is 71.4 Å². The van der Waals surface area contributed by atoms with E-state index < -0.39 is 11.8 Å². The molecule has 2 N–H and O–H groups in total. The summed E-state index contributed by atoms with van der Waals surface area (Å²) in [7, 11) is 0. The fourth-order valence-electron chi connectivity index (χ4n) is 2.53. The Balaban J connectivity index is 1.62. The summed E-state index contributed by atoms with van der Waals surface area (Å²) in [6.45, 7) is 3.89. The predicted molar refractivity (Wildman–Crippen MR) is 99.3 cm³/mol. The molecule has 3 aromatic rings. The minimum absolute atomic E-state index is 0.130. The first-order chi connectivity index (χ1) is 13.1. The average molecular weight is 365 g/mol. The molecule has 27 heavy (non-hydrogen) atoms. The van der Waals surface area contributed by atoms with E-state index in [0.717, 1.165) is 22.6 Å². The normalized spacial score (nSPS) is 10.9. The predicted octanol–water partition coefficient (Wildman–Crippen LogP) is 1.85. The van der Waals surface area contributed by atoms with Gasteiger partial charge in [-0.2, -0.15) is 10.2 Å². The molecule has 3 rings (SSSR count). The summed E-state index contributed by atoms with van der Waals surface area (Å²) >= 11 is 0. The maximum atomic E-state index is 11.8. The van der Waals surface area contributed by atoms with Gasteiger partial charge in [-0.15, -0.1) is 0 Å². The van der Waals surface area contributed by atoms with Gasteiger partial charge in [-0.1, -0.05) is 18.2 Å². The van der Waals surface area contributed by atoms with Crippen LogP contribution in [0.25, 0.3) is 5.69 Å². The third kappa shape index (κ3) is 4.30. The van der Waals surface area contributed by atoms with E-state index in [1.54, 1.807) is 16.8 Å². The fraction of sp³-hybridized carbons (Fsp3) is 0.158. The van der Waals surface area contributed by atoms with Crippen LogP contribution in [0, 0.1) is 13.8 Å². The third-order valence-corrected chi connectivity index (χ3v) is 3.92. The number of nitrogens with one attached hydrogen (secondary N) is 2. The second kappa shape index (κ2) is 8.13. The highest BCUT2D eigenvalue weighted by molar-refractivity contribution is 6.35. The molecule has 2 amide bonds. The van der Waals surface area contributed by atoms with Crippen LogP contribution in [0.4, 0.5) is 0 Å². The van der Waals surface area contributed by atoms with Crippen molar-refractivity contribution in [1.29, 1.82) is 0 Å². The van der Waals surface area contributed by atoms with E-state index in [-0.39, 0.29) is 6.54 Å². The number of benzene rings is 1. The molecular formula is C19H19N5O3. The average Bonchev–Trinajstić information content (AvgIpc) is 3.29. The van der Waals surface area contributed by atoms with Gasteiger partial charge in [-0.3, -0.25) is 9.59 Å². The van der Waals surface area contributed by atoms with E-state index in [9.17, 15) is 9.59 Å². The molecule has 0 saturated carbocycles. The van der Waals surface area contributed by atoms with Crippen LogP contribution < -0.4 is 10.7 Å². The largest absolute Gasteiger partial charge is 0.467 e. The van der Waals surface area contributed by atoms with E-state index in [4.69, 9.17) is 4.42 Å². The number of para-hydroxylation sites is 1. The molecule has 1 aromatic carbocycles. The van der Waals surface area contributed by atoms with Gasteiger partial charge in [0.15, 0.2) is 0 Å². The van der Waals surface area contributed by atoms with Gasteiger partial charge in [0.2, 0.25) is 0 Å². The van der Waals surface area contributed by atoms with Crippen LogP contribution in [0.2, 0.25) is 0 Å². The van der Waals surface area contributed by atoms with Crippen molar-refractivity contribution in [3.63, 3.8) is 0 Å². The summed E-state index contributed by atoms with van der Waals surface area (Å²) in [4.78, 5) is 23.5. The standard InChI is InChI=1S/C19H19N5O3/c1-13-17(14(2)24(23-13)15-7-4-3-5-8-15)12-21-22-19(26)18(25)20-11-16-9-6-10-27-16/h3-10,12H,11H2,1-2H3,(H,20,25)(H,22,26)/b21-12+.